The molecule has 1 nitrogen and oxygen atoms in total. The van der Waals surface area contributed by atoms with E-state index in [2.05, 4.69) is 200 Å². The molecular formula is C69H77N. The van der Waals surface area contributed by atoms with Gasteiger partial charge in [0.05, 0.1) is 5.69 Å². The zero-order chi connectivity index (χ0) is 48.4. The van der Waals surface area contributed by atoms with Crippen molar-refractivity contribution in [1.29, 1.82) is 0 Å². The fraction of sp³-hybridized carbons (Fsp3) is 0.391. The molecule has 7 aromatic carbocycles. The second-order valence-corrected chi connectivity index (χ2v) is 24.6. The quantitative estimate of drug-likeness (QED) is 0.147. The van der Waals surface area contributed by atoms with E-state index in [0.29, 0.717) is 11.8 Å². The van der Waals surface area contributed by atoms with Crippen molar-refractivity contribution in [2.24, 2.45) is 0 Å². The van der Waals surface area contributed by atoms with E-state index in [1.54, 1.807) is 11.1 Å². The summed E-state index contributed by atoms with van der Waals surface area (Å²) in [6, 6.07) is 55.8. The Morgan fingerprint density at radius 3 is 1.60 bits per heavy atom. The molecule has 2 saturated carbocycles. The molecule has 0 N–H and O–H groups in total. The minimum absolute atomic E-state index is 0.0498. The van der Waals surface area contributed by atoms with Gasteiger partial charge in [0.1, 0.15) is 0 Å². The summed E-state index contributed by atoms with van der Waals surface area (Å²) in [5, 5.41) is 0. The van der Waals surface area contributed by atoms with Crippen LogP contribution in [0.5, 0.6) is 0 Å². The molecule has 0 spiro atoms. The highest BCUT2D eigenvalue weighted by atomic mass is 15.1. The monoisotopic (exact) mass is 920 g/mol. The summed E-state index contributed by atoms with van der Waals surface area (Å²) in [6.45, 7) is 18.9. The van der Waals surface area contributed by atoms with Crippen molar-refractivity contribution < 1.29 is 0 Å². The second-order valence-electron chi connectivity index (χ2n) is 24.6. The maximum Gasteiger partial charge on any atom is 0.0502 e. The van der Waals surface area contributed by atoms with E-state index >= 15 is 0 Å². The summed E-state index contributed by atoms with van der Waals surface area (Å²) in [7, 11) is 0. The molecule has 358 valence electrons. The molecule has 1 heteroatoms. The van der Waals surface area contributed by atoms with Crippen LogP contribution in [0.3, 0.4) is 0 Å². The van der Waals surface area contributed by atoms with Crippen molar-refractivity contribution in [2.45, 2.75) is 173 Å². The lowest BCUT2D eigenvalue weighted by Crippen LogP contribution is -2.18. The summed E-state index contributed by atoms with van der Waals surface area (Å²) in [5.74, 6) is 1.38. The molecule has 0 aliphatic heterocycles. The molecule has 11 rings (SSSR count). The van der Waals surface area contributed by atoms with Crippen LogP contribution in [0.25, 0.3) is 44.5 Å². The van der Waals surface area contributed by atoms with Crippen LogP contribution in [0.4, 0.5) is 17.1 Å². The predicted octanol–water partition coefficient (Wildman–Crippen LogP) is 20.0. The fourth-order valence-electron chi connectivity index (χ4n) is 13.0. The minimum atomic E-state index is -0.104. The Hall–Kier alpha value is -5.66. The largest absolute Gasteiger partial charge is 0.310 e. The summed E-state index contributed by atoms with van der Waals surface area (Å²) in [6.07, 6.45) is 18.2. The number of hydrogen-bond acceptors (Lipinski definition) is 1. The van der Waals surface area contributed by atoms with Gasteiger partial charge in [-0.05, 0) is 199 Å². The number of aryl methyl sites for hydroxylation is 1. The third-order valence-electron chi connectivity index (χ3n) is 17.3. The van der Waals surface area contributed by atoms with Crippen LogP contribution >= 0.6 is 0 Å². The average molecular weight is 920 g/mol. The number of hydrogen-bond donors (Lipinski definition) is 0. The summed E-state index contributed by atoms with van der Waals surface area (Å²) < 4.78 is 0. The lowest BCUT2D eigenvalue weighted by Gasteiger charge is -2.32. The fourth-order valence-corrected chi connectivity index (χ4v) is 13.0. The molecule has 4 aliphatic carbocycles. The zero-order valence-electron chi connectivity index (χ0n) is 43.8. The van der Waals surface area contributed by atoms with Crippen LogP contribution < -0.4 is 4.90 Å². The van der Waals surface area contributed by atoms with Crippen molar-refractivity contribution in [3.63, 3.8) is 0 Å². The van der Waals surface area contributed by atoms with Gasteiger partial charge in [0, 0.05) is 16.8 Å². The Kier molecular flexibility index (Phi) is 12.3. The van der Waals surface area contributed by atoms with Crippen molar-refractivity contribution in [3.8, 4) is 44.5 Å². The molecule has 70 heavy (non-hydrogen) atoms. The van der Waals surface area contributed by atoms with Crippen LogP contribution in [0.1, 0.15) is 189 Å². The molecule has 0 bridgehead atoms. The highest BCUT2D eigenvalue weighted by Crippen LogP contribution is 2.52. The topological polar surface area (TPSA) is 3.24 Å². The van der Waals surface area contributed by atoms with Gasteiger partial charge in [0.2, 0.25) is 0 Å². The Bertz CT molecular complexity index is 2970. The molecule has 0 amide bonds. The van der Waals surface area contributed by atoms with Crippen molar-refractivity contribution in [2.75, 3.05) is 4.90 Å². The molecule has 0 atom stereocenters. The first-order valence-electron chi connectivity index (χ1n) is 27.4. The standard InChI is InChI=1S/C69H77N/c1-67(2,3)57-41-56(42-58(44-57)68(4,5)6)48-30-32-59(33-31-48)70(60-34-35-63-62-28-17-18-29-64(62)69(7,8)65(63)45-60)66-43-55(37-51-24-15-16-27-61(51)66)50-26-19-25-49(36-50)54-39-52(46-20-11-9-12-21-46)38-53(40-54)47-22-13-10-14-23-47/h17-19,25-26,28-47H,9-16,20-24,27H2,1-8H3. The van der Waals surface area contributed by atoms with E-state index in [4.69, 9.17) is 0 Å². The third-order valence-corrected chi connectivity index (χ3v) is 17.3. The van der Waals surface area contributed by atoms with Gasteiger partial charge in [-0.3, -0.25) is 0 Å². The van der Waals surface area contributed by atoms with E-state index in [9.17, 15) is 0 Å². The lowest BCUT2D eigenvalue weighted by atomic mass is 9.78. The zero-order valence-corrected chi connectivity index (χ0v) is 43.8. The van der Waals surface area contributed by atoms with Gasteiger partial charge < -0.3 is 4.90 Å². The summed E-state index contributed by atoms with van der Waals surface area (Å²) >= 11 is 0. The van der Waals surface area contributed by atoms with Crippen LogP contribution in [0, 0.1) is 0 Å². The summed E-state index contributed by atoms with van der Waals surface area (Å²) in [4.78, 5) is 2.62. The van der Waals surface area contributed by atoms with Gasteiger partial charge in [-0.2, -0.15) is 0 Å². The predicted molar refractivity (Wildman–Crippen MR) is 301 cm³/mol. The smallest absolute Gasteiger partial charge is 0.0502 e. The van der Waals surface area contributed by atoms with E-state index in [1.807, 2.05) is 0 Å². The maximum atomic E-state index is 2.64. The lowest BCUT2D eigenvalue weighted by molar-refractivity contribution is 0.435. The van der Waals surface area contributed by atoms with E-state index in [0.717, 1.165) is 12.8 Å². The Labute approximate surface area is 421 Å². The SMILES string of the molecule is CC(C)(C)c1cc(-c2ccc(N(c3ccc4c(c3)C(C)(C)c3ccccc3-4)c3cc(-c4cccc(-c5cc(C6CCCCC6)cc(C6CCCCC6)c5)c4)cc4c3CCCC4)cc2)cc(C(C)(C)C)c1. The number of fused-ring (bicyclic) bond motifs is 4. The molecule has 0 unspecified atom stereocenters. The van der Waals surface area contributed by atoms with Crippen molar-refractivity contribution in [3.05, 3.63) is 184 Å². The van der Waals surface area contributed by atoms with Crippen LogP contribution in [-0.2, 0) is 29.1 Å². The first-order chi connectivity index (χ1) is 33.7. The second kappa shape index (κ2) is 18.5. The highest BCUT2D eigenvalue weighted by Gasteiger charge is 2.36. The Morgan fingerprint density at radius 2 is 0.971 bits per heavy atom. The number of benzene rings is 7. The third kappa shape index (κ3) is 9.01. The number of rotatable bonds is 8. The first kappa shape index (κ1) is 46.7. The Morgan fingerprint density at radius 1 is 0.414 bits per heavy atom. The normalized spacial score (nSPS) is 17.2. The van der Waals surface area contributed by atoms with Gasteiger partial charge >= 0.3 is 0 Å². The average Bonchev–Trinajstić information content (AvgIpc) is 3.61. The van der Waals surface area contributed by atoms with Crippen LogP contribution in [-0.4, -0.2) is 0 Å². The number of nitrogens with zero attached hydrogens (tertiary/aromatic N) is 1. The molecule has 2 fully saturated rings. The van der Waals surface area contributed by atoms with Crippen molar-refractivity contribution in [1.82, 2.24) is 0 Å². The molecule has 0 heterocycles. The molecule has 0 radical (unpaired) electrons. The molecular weight excluding hydrogens is 843 g/mol. The van der Waals surface area contributed by atoms with Crippen molar-refractivity contribution >= 4 is 17.1 Å². The van der Waals surface area contributed by atoms with Crippen LogP contribution in [0.2, 0.25) is 0 Å². The van der Waals surface area contributed by atoms with Gasteiger partial charge in [-0.15, -0.1) is 0 Å². The van der Waals surface area contributed by atoms with Gasteiger partial charge in [0.15, 0.2) is 0 Å². The number of anilines is 3. The molecule has 4 aliphatic rings. The molecule has 0 saturated heterocycles. The highest BCUT2D eigenvalue weighted by molar-refractivity contribution is 5.89. The first-order valence-corrected chi connectivity index (χ1v) is 27.4. The minimum Gasteiger partial charge on any atom is -0.310 e. The van der Waals surface area contributed by atoms with Gasteiger partial charge in [-0.1, -0.05) is 197 Å². The molecule has 7 aromatic rings. The van der Waals surface area contributed by atoms with E-state index in [-0.39, 0.29) is 16.2 Å². The van der Waals surface area contributed by atoms with E-state index < -0.39 is 0 Å². The Balaban J connectivity index is 1.05. The van der Waals surface area contributed by atoms with Gasteiger partial charge in [-0.25, -0.2) is 0 Å². The van der Waals surface area contributed by atoms with Gasteiger partial charge in [0.25, 0.3) is 0 Å². The maximum absolute atomic E-state index is 2.64. The summed E-state index contributed by atoms with van der Waals surface area (Å²) in [5.41, 5.74) is 26.2. The van der Waals surface area contributed by atoms with Crippen LogP contribution in [0.15, 0.2) is 140 Å². The molecule has 0 aromatic heterocycles. The van der Waals surface area contributed by atoms with E-state index in [1.165, 1.54) is 172 Å².